The fourth-order valence-electron chi connectivity index (χ4n) is 2.48. The molecule has 0 saturated heterocycles. The standard InChI is InChI=1S/C18H17N5O3/c1-22-11-13(17(25)23(2)18(22)26)6-7-16(24)20-14-5-3-4-12(10-14)15-8-9-19-21-15/h3-11H,1-2H3,(H,19,21)(H,20,24)/b7-6+. The molecule has 3 aromatic rings. The van der Waals surface area contributed by atoms with Crippen molar-refractivity contribution < 1.29 is 4.79 Å². The summed E-state index contributed by atoms with van der Waals surface area (Å²) in [7, 11) is 2.93. The zero-order valence-corrected chi connectivity index (χ0v) is 14.3. The van der Waals surface area contributed by atoms with Gasteiger partial charge in [0.25, 0.3) is 5.56 Å². The van der Waals surface area contributed by atoms with Gasteiger partial charge in [-0.25, -0.2) is 4.79 Å². The van der Waals surface area contributed by atoms with Crippen LogP contribution in [-0.2, 0) is 18.9 Å². The molecule has 1 amide bonds. The highest BCUT2D eigenvalue weighted by atomic mass is 16.2. The molecule has 0 radical (unpaired) electrons. The molecule has 26 heavy (non-hydrogen) atoms. The second kappa shape index (κ2) is 7.06. The number of aryl methyl sites for hydroxylation is 1. The minimum Gasteiger partial charge on any atom is -0.322 e. The van der Waals surface area contributed by atoms with Gasteiger partial charge in [-0.3, -0.25) is 19.3 Å². The highest BCUT2D eigenvalue weighted by Crippen LogP contribution is 2.20. The van der Waals surface area contributed by atoms with Crippen molar-refractivity contribution in [2.24, 2.45) is 14.1 Å². The average Bonchev–Trinajstić information content (AvgIpc) is 3.17. The average molecular weight is 351 g/mol. The molecule has 2 heterocycles. The van der Waals surface area contributed by atoms with E-state index in [1.54, 1.807) is 19.3 Å². The molecular weight excluding hydrogens is 334 g/mol. The van der Waals surface area contributed by atoms with Crippen LogP contribution in [0.1, 0.15) is 5.56 Å². The number of H-pyrrole nitrogens is 1. The highest BCUT2D eigenvalue weighted by molar-refractivity contribution is 6.02. The van der Waals surface area contributed by atoms with E-state index in [-0.39, 0.29) is 11.5 Å². The largest absolute Gasteiger partial charge is 0.330 e. The molecule has 0 bridgehead atoms. The number of hydrogen-bond acceptors (Lipinski definition) is 4. The van der Waals surface area contributed by atoms with Gasteiger partial charge in [0.2, 0.25) is 5.91 Å². The number of aromatic amines is 1. The minimum atomic E-state index is -0.460. The first-order chi connectivity index (χ1) is 12.5. The minimum absolute atomic E-state index is 0.246. The Labute approximate surface area is 148 Å². The summed E-state index contributed by atoms with van der Waals surface area (Å²) in [5.41, 5.74) is 1.70. The van der Waals surface area contributed by atoms with Crippen molar-refractivity contribution in [2.75, 3.05) is 5.32 Å². The van der Waals surface area contributed by atoms with E-state index in [0.29, 0.717) is 5.69 Å². The van der Waals surface area contributed by atoms with Crippen LogP contribution < -0.4 is 16.6 Å². The number of aromatic nitrogens is 4. The molecule has 0 fully saturated rings. The number of carbonyl (C=O) groups is 1. The van der Waals surface area contributed by atoms with Crippen molar-refractivity contribution in [1.29, 1.82) is 0 Å². The summed E-state index contributed by atoms with van der Waals surface area (Å²) in [6.07, 6.45) is 5.68. The van der Waals surface area contributed by atoms with Crippen LogP contribution in [0, 0.1) is 0 Å². The smallest absolute Gasteiger partial charge is 0.322 e. The van der Waals surface area contributed by atoms with Crippen LogP contribution in [-0.4, -0.2) is 25.2 Å². The van der Waals surface area contributed by atoms with Crippen molar-refractivity contribution in [3.05, 3.63) is 75.2 Å². The number of amides is 1. The maximum atomic E-state index is 12.1. The number of benzene rings is 1. The lowest BCUT2D eigenvalue weighted by Gasteiger charge is -2.05. The van der Waals surface area contributed by atoms with E-state index >= 15 is 0 Å². The fraction of sp³-hybridized carbons (Fsp3) is 0.111. The predicted molar refractivity (Wildman–Crippen MR) is 98.6 cm³/mol. The molecule has 132 valence electrons. The molecule has 0 aliphatic carbocycles. The molecule has 1 aromatic carbocycles. The second-order valence-corrected chi connectivity index (χ2v) is 5.72. The van der Waals surface area contributed by atoms with Gasteiger partial charge < -0.3 is 9.88 Å². The van der Waals surface area contributed by atoms with E-state index in [9.17, 15) is 14.4 Å². The third-order valence-corrected chi connectivity index (χ3v) is 3.83. The van der Waals surface area contributed by atoms with Gasteiger partial charge in [-0.15, -0.1) is 0 Å². The Morgan fingerprint density at radius 1 is 1.23 bits per heavy atom. The summed E-state index contributed by atoms with van der Waals surface area (Å²) in [4.78, 5) is 35.8. The zero-order chi connectivity index (χ0) is 18.7. The number of carbonyl (C=O) groups excluding carboxylic acids is 1. The van der Waals surface area contributed by atoms with Gasteiger partial charge in [-0.2, -0.15) is 5.10 Å². The Hall–Kier alpha value is -3.68. The Balaban J connectivity index is 1.78. The van der Waals surface area contributed by atoms with Crippen LogP contribution >= 0.6 is 0 Å². The number of rotatable bonds is 4. The van der Waals surface area contributed by atoms with E-state index in [1.165, 1.54) is 30.0 Å². The summed E-state index contributed by atoms with van der Waals surface area (Å²) in [5.74, 6) is -0.386. The normalized spacial score (nSPS) is 11.0. The lowest BCUT2D eigenvalue weighted by molar-refractivity contribution is -0.111. The Morgan fingerprint density at radius 2 is 2.04 bits per heavy atom. The van der Waals surface area contributed by atoms with Gasteiger partial charge in [-0.05, 0) is 24.3 Å². The predicted octanol–water partition coefficient (Wildman–Crippen LogP) is 1.13. The molecule has 0 spiro atoms. The molecule has 0 aliphatic heterocycles. The second-order valence-electron chi connectivity index (χ2n) is 5.72. The lowest BCUT2D eigenvalue weighted by Crippen LogP contribution is -2.37. The summed E-state index contributed by atoms with van der Waals surface area (Å²) in [6.45, 7) is 0. The first-order valence-electron chi connectivity index (χ1n) is 7.81. The van der Waals surface area contributed by atoms with E-state index in [2.05, 4.69) is 15.5 Å². The maximum Gasteiger partial charge on any atom is 0.330 e. The zero-order valence-electron chi connectivity index (χ0n) is 14.3. The SMILES string of the molecule is Cn1cc(/C=C/C(=O)Nc2cccc(-c3ccn[nH]3)c2)c(=O)n(C)c1=O. The molecule has 3 rings (SSSR count). The molecule has 8 heteroatoms. The monoisotopic (exact) mass is 351 g/mol. The Bertz CT molecular complexity index is 1090. The van der Waals surface area contributed by atoms with Crippen LogP contribution in [0.2, 0.25) is 0 Å². The number of nitrogens with zero attached hydrogens (tertiary/aromatic N) is 3. The van der Waals surface area contributed by atoms with E-state index in [0.717, 1.165) is 15.8 Å². The summed E-state index contributed by atoms with van der Waals surface area (Å²) in [6, 6.07) is 9.11. The van der Waals surface area contributed by atoms with E-state index < -0.39 is 11.2 Å². The molecule has 0 aliphatic rings. The van der Waals surface area contributed by atoms with Crippen LogP contribution in [0.5, 0.6) is 0 Å². The number of nitrogens with one attached hydrogen (secondary N) is 2. The third-order valence-electron chi connectivity index (χ3n) is 3.83. The molecule has 0 saturated carbocycles. The van der Waals surface area contributed by atoms with Crippen LogP contribution in [0.25, 0.3) is 17.3 Å². The summed E-state index contributed by atoms with van der Waals surface area (Å²) >= 11 is 0. The molecule has 0 atom stereocenters. The van der Waals surface area contributed by atoms with Crippen molar-refractivity contribution in [1.82, 2.24) is 19.3 Å². The third kappa shape index (κ3) is 3.54. The molecule has 2 N–H and O–H groups in total. The van der Waals surface area contributed by atoms with Gasteiger partial charge >= 0.3 is 5.69 Å². The topological polar surface area (TPSA) is 102 Å². The highest BCUT2D eigenvalue weighted by Gasteiger charge is 2.06. The van der Waals surface area contributed by atoms with Crippen LogP contribution in [0.15, 0.2) is 58.4 Å². The Kier molecular flexibility index (Phi) is 4.66. The van der Waals surface area contributed by atoms with Gasteiger partial charge in [0, 0.05) is 43.8 Å². The van der Waals surface area contributed by atoms with E-state index in [1.807, 2.05) is 24.3 Å². The maximum absolute atomic E-state index is 12.1. The van der Waals surface area contributed by atoms with Crippen molar-refractivity contribution in [3.8, 4) is 11.3 Å². The van der Waals surface area contributed by atoms with Crippen molar-refractivity contribution in [3.63, 3.8) is 0 Å². The fourth-order valence-corrected chi connectivity index (χ4v) is 2.48. The summed E-state index contributed by atoms with van der Waals surface area (Å²) < 4.78 is 2.28. The number of hydrogen-bond donors (Lipinski definition) is 2. The van der Waals surface area contributed by atoms with Gasteiger partial charge in [0.15, 0.2) is 0 Å². The van der Waals surface area contributed by atoms with Crippen LogP contribution in [0.3, 0.4) is 0 Å². The quantitative estimate of drug-likeness (QED) is 0.688. The lowest BCUT2D eigenvalue weighted by atomic mass is 10.1. The molecule has 2 aromatic heterocycles. The molecular formula is C18H17N5O3. The van der Waals surface area contributed by atoms with E-state index in [4.69, 9.17) is 0 Å². The van der Waals surface area contributed by atoms with Gasteiger partial charge in [0.1, 0.15) is 0 Å². The first-order valence-corrected chi connectivity index (χ1v) is 7.81. The molecule has 0 unspecified atom stereocenters. The van der Waals surface area contributed by atoms with Gasteiger partial charge in [-0.1, -0.05) is 12.1 Å². The van der Waals surface area contributed by atoms with Gasteiger partial charge in [0.05, 0.1) is 11.3 Å². The van der Waals surface area contributed by atoms with Crippen molar-refractivity contribution in [2.45, 2.75) is 0 Å². The Morgan fingerprint density at radius 3 is 2.77 bits per heavy atom. The number of anilines is 1. The first kappa shape index (κ1) is 17.2. The summed E-state index contributed by atoms with van der Waals surface area (Å²) in [5, 5.41) is 9.50. The van der Waals surface area contributed by atoms with Crippen LogP contribution in [0.4, 0.5) is 5.69 Å². The molecule has 8 nitrogen and oxygen atoms in total. The van der Waals surface area contributed by atoms with Crippen molar-refractivity contribution >= 4 is 17.7 Å².